The van der Waals surface area contributed by atoms with Crippen LogP contribution in [-0.4, -0.2) is 13.1 Å². The molecule has 2 bridgehead atoms. The van der Waals surface area contributed by atoms with Crippen molar-refractivity contribution in [1.29, 1.82) is 0 Å². The number of rotatable bonds is 0. The molecular formula is C8H14BrN. The molecule has 1 unspecified atom stereocenters. The van der Waals surface area contributed by atoms with E-state index in [-0.39, 0.29) is 17.0 Å². The van der Waals surface area contributed by atoms with Crippen LogP contribution in [0.2, 0.25) is 0 Å². The van der Waals surface area contributed by atoms with Gasteiger partial charge in [0.1, 0.15) is 5.70 Å². The molecule has 58 valence electrons. The van der Waals surface area contributed by atoms with Crippen molar-refractivity contribution >= 4 is 0 Å². The Labute approximate surface area is 72.9 Å². The molecular weight excluding hydrogens is 190 g/mol. The van der Waals surface area contributed by atoms with Gasteiger partial charge in [-0.2, -0.15) is 0 Å². The maximum absolute atomic E-state index is 2.43. The maximum Gasteiger partial charge on any atom is 0.103 e. The van der Waals surface area contributed by atoms with Gasteiger partial charge in [-0.15, -0.1) is 0 Å². The average molecular weight is 204 g/mol. The molecule has 1 fully saturated rings. The monoisotopic (exact) mass is 203 g/mol. The van der Waals surface area contributed by atoms with Gasteiger partial charge in [0.05, 0.1) is 13.1 Å². The number of halogens is 1. The SMILES string of the molecule is C[NH+]1C2=CCC[C@@H]1CC2.[Br-]. The minimum absolute atomic E-state index is 0. The van der Waals surface area contributed by atoms with Crippen molar-refractivity contribution in [2.24, 2.45) is 0 Å². The van der Waals surface area contributed by atoms with Gasteiger partial charge in [0.2, 0.25) is 0 Å². The first-order valence-electron chi connectivity index (χ1n) is 3.91. The van der Waals surface area contributed by atoms with Gasteiger partial charge in [0.15, 0.2) is 0 Å². The zero-order chi connectivity index (χ0) is 6.27. The first-order valence-corrected chi connectivity index (χ1v) is 3.91. The van der Waals surface area contributed by atoms with Crippen molar-refractivity contribution in [3.63, 3.8) is 0 Å². The van der Waals surface area contributed by atoms with Gasteiger partial charge in [0, 0.05) is 19.3 Å². The summed E-state index contributed by atoms with van der Waals surface area (Å²) >= 11 is 0. The van der Waals surface area contributed by atoms with Gasteiger partial charge in [-0.05, 0) is 12.5 Å². The molecule has 0 aromatic rings. The van der Waals surface area contributed by atoms with E-state index in [0.29, 0.717) is 0 Å². The molecule has 1 N–H and O–H groups in total. The highest BCUT2D eigenvalue weighted by Crippen LogP contribution is 2.19. The fourth-order valence-corrected chi connectivity index (χ4v) is 2.09. The smallest absolute Gasteiger partial charge is 0.103 e. The summed E-state index contributed by atoms with van der Waals surface area (Å²) in [5, 5.41) is 0. The third-order valence-electron chi connectivity index (χ3n) is 2.79. The largest absolute Gasteiger partial charge is 1.00 e. The second-order valence-corrected chi connectivity index (χ2v) is 3.23. The van der Waals surface area contributed by atoms with E-state index >= 15 is 0 Å². The van der Waals surface area contributed by atoms with Gasteiger partial charge in [0.25, 0.3) is 0 Å². The molecule has 0 aromatic heterocycles. The molecule has 1 nitrogen and oxygen atoms in total. The predicted octanol–water partition coefficient (Wildman–Crippen LogP) is -2.65. The summed E-state index contributed by atoms with van der Waals surface area (Å²) in [5.41, 5.74) is 1.67. The Morgan fingerprint density at radius 2 is 2.30 bits per heavy atom. The molecule has 0 aliphatic carbocycles. The van der Waals surface area contributed by atoms with E-state index in [0.717, 1.165) is 6.04 Å². The Balaban J connectivity index is 0.000000500. The van der Waals surface area contributed by atoms with E-state index in [1.807, 2.05) is 0 Å². The lowest BCUT2D eigenvalue weighted by Gasteiger charge is -2.20. The van der Waals surface area contributed by atoms with Crippen LogP contribution in [0.5, 0.6) is 0 Å². The summed E-state index contributed by atoms with van der Waals surface area (Å²) in [5.74, 6) is 0. The van der Waals surface area contributed by atoms with Crippen molar-refractivity contribution in [2.75, 3.05) is 7.05 Å². The molecule has 2 heteroatoms. The lowest BCUT2D eigenvalue weighted by atomic mass is 10.1. The molecule has 0 aromatic carbocycles. The fourth-order valence-electron chi connectivity index (χ4n) is 2.09. The van der Waals surface area contributed by atoms with E-state index < -0.39 is 0 Å². The number of hydrogen-bond donors (Lipinski definition) is 1. The summed E-state index contributed by atoms with van der Waals surface area (Å²) in [6, 6.07) is 0.977. The fraction of sp³-hybridized carbons (Fsp3) is 0.750. The van der Waals surface area contributed by atoms with Gasteiger partial charge < -0.3 is 21.9 Å². The van der Waals surface area contributed by atoms with Crippen molar-refractivity contribution in [3.05, 3.63) is 11.8 Å². The van der Waals surface area contributed by atoms with Gasteiger partial charge in [-0.25, -0.2) is 0 Å². The number of quaternary nitrogens is 1. The number of fused-ring (bicyclic) bond motifs is 2. The Bertz CT molecular complexity index is 151. The molecule has 10 heavy (non-hydrogen) atoms. The summed E-state index contributed by atoms with van der Waals surface area (Å²) in [6.07, 6.45) is 8.01. The Hall–Kier alpha value is 0.180. The standard InChI is InChI=1S/C8H13N.BrH/c1-9-7-3-2-4-8(9)6-5-7;/h3,8H,2,4-6H2,1H3;1H/t8-;/m1./s1. The van der Waals surface area contributed by atoms with Crippen LogP contribution in [0.3, 0.4) is 0 Å². The molecule has 2 atom stereocenters. The molecule has 0 saturated carbocycles. The average Bonchev–Trinajstić information content (AvgIpc) is 2.19. The van der Waals surface area contributed by atoms with Crippen LogP contribution in [-0.2, 0) is 0 Å². The molecule has 2 aliphatic heterocycles. The van der Waals surface area contributed by atoms with Crippen LogP contribution in [0.25, 0.3) is 0 Å². The van der Waals surface area contributed by atoms with E-state index in [4.69, 9.17) is 0 Å². The van der Waals surface area contributed by atoms with E-state index in [9.17, 15) is 0 Å². The van der Waals surface area contributed by atoms with Gasteiger partial charge in [-0.1, -0.05) is 0 Å². The second-order valence-electron chi connectivity index (χ2n) is 3.23. The molecule has 1 saturated heterocycles. The summed E-state index contributed by atoms with van der Waals surface area (Å²) < 4.78 is 0. The lowest BCUT2D eigenvalue weighted by molar-refractivity contribution is -0.858. The molecule has 2 aliphatic rings. The second kappa shape index (κ2) is 3.05. The number of allylic oxidation sites excluding steroid dienone is 2. The van der Waals surface area contributed by atoms with Gasteiger partial charge in [-0.3, -0.25) is 0 Å². The quantitative estimate of drug-likeness (QED) is 0.439. The first-order chi connectivity index (χ1) is 4.38. The third-order valence-corrected chi connectivity index (χ3v) is 2.79. The van der Waals surface area contributed by atoms with Crippen LogP contribution in [0, 0.1) is 0 Å². The minimum Gasteiger partial charge on any atom is -1.00 e. The normalized spacial score (nSPS) is 36.7. The van der Waals surface area contributed by atoms with E-state index in [1.54, 1.807) is 10.6 Å². The summed E-state index contributed by atoms with van der Waals surface area (Å²) in [7, 11) is 2.31. The molecule has 0 spiro atoms. The van der Waals surface area contributed by atoms with Crippen molar-refractivity contribution < 1.29 is 21.9 Å². The van der Waals surface area contributed by atoms with Crippen LogP contribution >= 0.6 is 0 Å². The molecule has 2 heterocycles. The van der Waals surface area contributed by atoms with E-state index in [2.05, 4.69) is 13.1 Å². The summed E-state index contributed by atoms with van der Waals surface area (Å²) in [6.45, 7) is 0. The Morgan fingerprint density at radius 1 is 1.50 bits per heavy atom. The zero-order valence-electron chi connectivity index (χ0n) is 6.36. The minimum atomic E-state index is 0. The predicted molar refractivity (Wildman–Crippen MR) is 37.2 cm³/mol. The Kier molecular flexibility index (Phi) is 2.53. The van der Waals surface area contributed by atoms with Crippen molar-refractivity contribution in [1.82, 2.24) is 0 Å². The Morgan fingerprint density at radius 3 is 2.90 bits per heavy atom. The number of hydrogen-bond acceptors (Lipinski definition) is 0. The van der Waals surface area contributed by atoms with Crippen LogP contribution < -0.4 is 21.9 Å². The maximum atomic E-state index is 2.43. The zero-order valence-corrected chi connectivity index (χ0v) is 7.95. The highest BCUT2D eigenvalue weighted by atomic mass is 79.9. The van der Waals surface area contributed by atoms with E-state index in [1.165, 1.54) is 25.7 Å². The van der Waals surface area contributed by atoms with Crippen molar-refractivity contribution in [3.8, 4) is 0 Å². The molecule has 2 rings (SSSR count). The molecule has 0 amide bonds. The van der Waals surface area contributed by atoms with Crippen LogP contribution in [0.4, 0.5) is 0 Å². The highest BCUT2D eigenvalue weighted by molar-refractivity contribution is 5.00. The number of nitrogens with one attached hydrogen (secondary N) is 1. The van der Waals surface area contributed by atoms with Crippen LogP contribution in [0.15, 0.2) is 11.8 Å². The third kappa shape index (κ3) is 1.15. The molecule has 0 radical (unpaired) electrons. The first kappa shape index (κ1) is 8.28. The van der Waals surface area contributed by atoms with Crippen LogP contribution in [0.1, 0.15) is 25.7 Å². The summed E-state index contributed by atoms with van der Waals surface area (Å²) in [4.78, 5) is 1.70. The highest BCUT2D eigenvalue weighted by Gasteiger charge is 2.32. The van der Waals surface area contributed by atoms with Crippen molar-refractivity contribution in [2.45, 2.75) is 31.7 Å². The van der Waals surface area contributed by atoms with Gasteiger partial charge >= 0.3 is 0 Å². The topological polar surface area (TPSA) is 4.44 Å². The lowest BCUT2D eigenvalue weighted by Crippen LogP contribution is -3.09.